The van der Waals surface area contributed by atoms with Gasteiger partial charge in [-0.3, -0.25) is 0 Å². The zero-order valence-electron chi connectivity index (χ0n) is 8.50. The van der Waals surface area contributed by atoms with E-state index in [-0.39, 0.29) is 0 Å². The van der Waals surface area contributed by atoms with Crippen LogP contribution in [0.15, 0.2) is 24.3 Å². The van der Waals surface area contributed by atoms with E-state index in [1.807, 2.05) is 0 Å². The fourth-order valence-electron chi connectivity index (χ4n) is 3.26. The molecule has 0 amide bonds. The van der Waals surface area contributed by atoms with Crippen molar-refractivity contribution in [3.8, 4) is 0 Å². The van der Waals surface area contributed by atoms with Gasteiger partial charge < -0.3 is 5.73 Å². The minimum atomic E-state index is 0.370. The van der Waals surface area contributed by atoms with Crippen molar-refractivity contribution in [2.24, 2.45) is 5.73 Å². The van der Waals surface area contributed by atoms with E-state index in [1.165, 1.54) is 32.1 Å². The van der Waals surface area contributed by atoms with Crippen LogP contribution in [0.2, 0.25) is 0 Å². The van der Waals surface area contributed by atoms with Crippen molar-refractivity contribution in [2.45, 2.75) is 43.6 Å². The van der Waals surface area contributed by atoms with Crippen molar-refractivity contribution in [1.29, 1.82) is 0 Å². The Morgan fingerprint density at radius 3 is 2.79 bits per heavy atom. The van der Waals surface area contributed by atoms with Crippen molar-refractivity contribution in [2.75, 3.05) is 0 Å². The summed E-state index contributed by atoms with van der Waals surface area (Å²) >= 11 is 0. The second kappa shape index (κ2) is 2.83. The smallest absolute Gasteiger partial charge is 0.0137 e. The number of fused-ring (bicyclic) bond motifs is 2. The zero-order valence-corrected chi connectivity index (χ0v) is 8.50. The van der Waals surface area contributed by atoms with E-state index < -0.39 is 0 Å². The normalized spacial score (nSPS) is 35.1. The molecule has 1 nitrogen and oxygen atoms in total. The fourth-order valence-corrected chi connectivity index (χ4v) is 3.26. The summed E-state index contributed by atoms with van der Waals surface area (Å²) in [5, 5.41) is 0. The van der Waals surface area contributed by atoms with Crippen molar-refractivity contribution in [3.63, 3.8) is 0 Å². The summed E-state index contributed by atoms with van der Waals surface area (Å²) < 4.78 is 0. The van der Waals surface area contributed by atoms with Crippen LogP contribution in [0.1, 0.15) is 36.8 Å². The van der Waals surface area contributed by atoms with Crippen LogP contribution in [-0.2, 0) is 11.8 Å². The van der Waals surface area contributed by atoms with Crippen LogP contribution in [0.4, 0.5) is 0 Å². The molecule has 2 unspecified atom stereocenters. The van der Waals surface area contributed by atoms with E-state index in [0.717, 1.165) is 0 Å². The number of hydrogen-bond donors (Lipinski definition) is 1. The van der Waals surface area contributed by atoms with E-state index in [1.54, 1.807) is 11.1 Å². The molecule has 14 heavy (non-hydrogen) atoms. The van der Waals surface area contributed by atoms with Crippen LogP contribution in [0.25, 0.3) is 0 Å². The predicted molar refractivity (Wildman–Crippen MR) is 58.3 cm³/mol. The third kappa shape index (κ3) is 0.936. The molecule has 0 bridgehead atoms. The largest absolute Gasteiger partial charge is 0.327 e. The molecule has 2 atom stereocenters. The van der Waals surface area contributed by atoms with Gasteiger partial charge in [0.15, 0.2) is 0 Å². The predicted octanol–water partition coefficient (Wildman–Crippen LogP) is 2.38. The summed E-state index contributed by atoms with van der Waals surface area (Å²) in [6, 6.07) is 9.32. The first-order valence-electron chi connectivity index (χ1n) is 5.67. The highest BCUT2D eigenvalue weighted by molar-refractivity contribution is 5.40. The van der Waals surface area contributed by atoms with Gasteiger partial charge in [0.05, 0.1) is 0 Å². The molecule has 1 aromatic carbocycles. The maximum atomic E-state index is 6.20. The van der Waals surface area contributed by atoms with E-state index in [9.17, 15) is 0 Å². The second-order valence-corrected chi connectivity index (χ2v) is 4.81. The molecule has 1 spiro atoms. The minimum absolute atomic E-state index is 0.370. The topological polar surface area (TPSA) is 26.0 Å². The molecule has 1 heteroatoms. The van der Waals surface area contributed by atoms with E-state index in [4.69, 9.17) is 5.73 Å². The molecule has 0 saturated heterocycles. The molecule has 0 aromatic heterocycles. The van der Waals surface area contributed by atoms with Crippen LogP contribution < -0.4 is 5.73 Å². The van der Waals surface area contributed by atoms with E-state index in [0.29, 0.717) is 11.5 Å². The molecule has 1 saturated carbocycles. The molecule has 0 radical (unpaired) electrons. The van der Waals surface area contributed by atoms with Crippen LogP contribution in [0.5, 0.6) is 0 Å². The van der Waals surface area contributed by atoms with E-state index in [2.05, 4.69) is 24.3 Å². The van der Waals surface area contributed by atoms with Gasteiger partial charge >= 0.3 is 0 Å². The van der Waals surface area contributed by atoms with Gasteiger partial charge in [-0.05, 0) is 43.2 Å². The first kappa shape index (κ1) is 8.49. The van der Waals surface area contributed by atoms with Crippen LogP contribution >= 0.6 is 0 Å². The molecule has 74 valence electrons. The highest BCUT2D eigenvalue weighted by Crippen LogP contribution is 2.50. The van der Waals surface area contributed by atoms with Gasteiger partial charge in [0.2, 0.25) is 0 Å². The lowest BCUT2D eigenvalue weighted by atomic mass is 9.55. The first-order chi connectivity index (χ1) is 6.83. The average molecular weight is 187 g/mol. The summed E-state index contributed by atoms with van der Waals surface area (Å²) in [5.74, 6) is 0. The first-order valence-corrected chi connectivity index (χ1v) is 5.67. The summed E-state index contributed by atoms with van der Waals surface area (Å²) in [4.78, 5) is 0. The van der Waals surface area contributed by atoms with Crippen molar-refractivity contribution >= 4 is 0 Å². The zero-order chi connectivity index (χ0) is 9.60. The molecule has 1 aromatic rings. The maximum Gasteiger partial charge on any atom is 0.0137 e. The third-order valence-corrected chi connectivity index (χ3v) is 4.23. The molecular weight excluding hydrogens is 170 g/mol. The highest BCUT2D eigenvalue weighted by Gasteiger charge is 2.47. The number of aryl methyl sites for hydroxylation is 1. The Labute approximate surface area is 85.3 Å². The Morgan fingerprint density at radius 1 is 1.21 bits per heavy atom. The van der Waals surface area contributed by atoms with Gasteiger partial charge in [0, 0.05) is 11.5 Å². The molecule has 2 aliphatic rings. The standard InChI is InChI=1S/C13H17N/c14-12-7-9-13(12)8-3-5-10-4-1-2-6-11(10)13/h1-2,4,6,12H,3,5,7-9,14H2. The number of rotatable bonds is 0. The minimum Gasteiger partial charge on any atom is -0.327 e. The van der Waals surface area contributed by atoms with Gasteiger partial charge in [0.1, 0.15) is 0 Å². The summed E-state index contributed by atoms with van der Waals surface area (Å²) in [6.45, 7) is 0. The van der Waals surface area contributed by atoms with Gasteiger partial charge in [0.25, 0.3) is 0 Å². The van der Waals surface area contributed by atoms with Gasteiger partial charge in [-0.15, -0.1) is 0 Å². The van der Waals surface area contributed by atoms with Crippen molar-refractivity contribution in [1.82, 2.24) is 0 Å². The van der Waals surface area contributed by atoms with Crippen LogP contribution in [0, 0.1) is 0 Å². The number of benzene rings is 1. The molecule has 0 heterocycles. The second-order valence-electron chi connectivity index (χ2n) is 4.81. The molecule has 3 rings (SSSR count). The Bertz CT molecular complexity index is 358. The van der Waals surface area contributed by atoms with Gasteiger partial charge in [-0.1, -0.05) is 24.3 Å². The van der Waals surface area contributed by atoms with Gasteiger partial charge in [-0.2, -0.15) is 0 Å². The Kier molecular flexibility index (Phi) is 1.72. The Hall–Kier alpha value is -0.820. The molecule has 2 aliphatic carbocycles. The molecule has 1 fully saturated rings. The maximum absolute atomic E-state index is 6.20. The van der Waals surface area contributed by atoms with Crippen molar-refractivity contribution in [3.05, 3.63) is 35.4 Å². The Balaban J connectivity index is 2.11. The summed E-state index contributed by atoms with van der Waals surface area (Å²) in [5.41, 5.74) is 9.68. The monoisotopic (exact) mass is 187 g/mol. The van der Waals surface area contributed by atoms with Crippen LogP contribution in [-0.4, -0.2) is 6.04 Å². The molecule has 2 N–H and O–H groups in total. The van der Waals surface area contributed by atoms with Gasteiger partial charge in [-0.25, -0.2) is 0 Å². The summed E-state index contributed by atoms with van der Waals surface area (Å²) in [7, 11) is 0. The lowest BCUT2D eigenvalue weighted by Gasteiger charge is -2.51. The summed E-state index contributed by atoms with van der Waals surface area (Å²) in [6.07, 6.45) is 6.42. The molecule has 0 aliphatic heterocycles. The van der Waals surface area contributed by atoms with E-state index >= 15 is 0 Å². The number of hydrogen-bond acceptors (Lipinski definition) is 1. The van der Waals surface area contributed by atoms with Crippen LogP contribution in [0.3, 0.4) is 0 Å². The highest BCUT2D eigenvalue weighted by atomic mass is 14.8. The molecular formula is C13H17N. The van der Waals surface area contributed by atoms with Crippen molar-refractivity contribution < 1.29 is 0 Å². The third-order valence-electron chi connectivity index (χ3n) is 4.23. The number of nitrogens with two attached hydrogens (primary N) is 1. The lowest BCUT2D eigenvalue weighted by Crippen LogP contribution is -2.55. The SMILES string of the molecule is NC1CCC12CCCc1ccccc12. The lowest BCUT2D eigenvalue weighted by molar-refractivity contribution is 0.165. The quantitative estimate of drug-likeness (QED) is 0.663. The fraction of sp³-hybridized carbons (Fsp3) is 0.538. The Morgan fingerprint density at radius 2 is 2.07 bits per heavy atom. The average Bonchev–Trinajstić information content (AvgIpc) is 2.26.